The van der Waals surface area contributed by atoms with E-state index < -0.39 is 0 Å². The Balaban J connectivity index is 2.12. The van der Waals surface area contributed by atoms with Crippen LogP contribution < -0.4 is 11.1 Å². The first-order chi connectivity index (χ1) is 8.06. The number of anilines is 2. The van der Waals surface area contributed by atoms with E-state index in [0.29, 0.717) is 24.0 Å². The molecule has 0 saturated carbocycles. The van der Waals surface area contributed by atoms with Gasteiger partial charge in [0.2, 0.25) is 0 Å². The zero-order valence-corrected chi connectivity index (χ0v) is 10.1. The lowest BCUT2D eigenvalue weighted by atomic mass is 10.2. The van der Waals surface area contributed by atoms with Crippen LogP contribution in [0.15, 0.2) is 10.6 Å². The molecule has 0 fully saturated rings. The molecule has 2 aromatic rings. The van der Waals surface area contributed by atoms with Crippen LogP contribution in [0.1, 0.15) is 22.8 Å². The highest BCUT2D eigenvalue weighted by Gasteiger charge is 2.08. The van der Waals surface area contributed by atoms with Crippen LogP contribution in [0.25, 0.3) is 0 Å². The second kappa shape index (κ2) is 4.40. The van der Waals surface area contributed by atoms with Crippen LogP contribution in [-0.2, 0) is 6.54 Å². The topological polar surface area (TPSA) is 89.9 Å². The fourth-order valence-corrected chi connectivity index (χ4v) is 1.61. The van der Waals surface area contributed by atoms with Crippen molar-refractivity contribution in [3.63, 3.8) is 0 Å². The van der Waals surface area contributed by atoms with Crippen molar-refractivity contribution in [3.8, 4) is 0 Å². The molecule has 0 atom stereocenters. The number of nitrogens with zero attached hydrogens (tertiary/aromatic N) is 3. The molecular weight excluding hydrogens is 218 g/mol. The first-order valence-electron chi connectivity index (χ1n) is 5.33. The molecule has 0 spiro atoms. The highest BCUT2D eigenvalue weighted by atomic mass is 16.5. The molecule has 0 aliphatic heterocycles. The van der Waals surface area contributed by atoms with E-state index in [0.717, 1.165) is 17.0 Å². The molecule has 2 aromatic heterocycles. The molecule has 0 saturated heterocycles. The van der Waals surface area contributed by atoms with Crippen molar-refractivity contribution in [1.29, 1.82) is 0 Å². The molecule has 0 aliphatic carbocycles. The standard InChI is InChI=1S/C11H15N5O/c1-6-9(7(2)17-16-6)5-13-11-4-10(12)14-8(3)15-11/h4H,5H2,1-3H3,(H3,12,13,14,15). The number of hydrogen-bond donors (Lipinski definition) is 2. The van der Waals surface area contributed by atoms with Gasteiger partial charge in [-0.05, 0) is 20.8 Å². The summed E-state index contributed by atoms with van der Waals surface area (Å²) in [5.74, 6) is 2.62. The summed E-state index contributed by atoms with van der Waals surface area (Å²) in [6.07, 6.45) is 0. The van der Waals surface area contributed by atoms with Crippen molar-refractivity contribution in [1.82, 2.24) is 15.1 Å². The predicted molar refractivity (Wildman–Crippen MR) is 64.5 cm³/mol. The van der Waals surface area contributed by atoms with Crippen molar-refractivity contribution in [2.24, 2.45) is 0 Å². The first-order valence-corrected chi connectivity index (χ1v) is 5.33. The third kappa shape index (κ3) is 2.52. The van der Waals surface area contributed by atoms with E-state index in [4.69, 9.17) is 10.3 Å². The van der Waals surface area contributed by atoms with E-state index in [1.165, 1.54) is 0 Å². The van der Waals surface area contributed by atoms with Crippen LogP contribution in [0.5, 0.6) is 0 Å². The Kier molecular flexibility index (Phi) is 2.95. The Morgan fingerprint density at radius 3 is 2.65 bits per heavy atom. The maximum atomic E-state index is 5.65. The Morgan fingerprint density at radius 1 is 1.29 bits per heavy atom. The summed E-state index contributed by atoms with van der Waals surface area (Å²) in [7, 11) is 0. The molecule has 0 aromatic carbocycles. The highest BCUT2D eigenvalue weighted by molar-refractivity contribution is 5.45. The van der Waals surface area contributed by atoms with Gasteiger partial charge < -0.3 is 15.6 Å². The SMILES string of the molecule is Cc1nc(N)cc(NCc2c(C)noc2C)n1. The summed E-state index contributed by atoms with van der Waals surface area (Å²) in [6, 6.07) is 1.70. The number of aryl methyl sites for hydroxylation is 3. The zero-order valence-electron chi connectivity index (χ0n) is 10.1. The molecule has 6 heteroatoms. The van der Waals surface area contributed by atoms with Gasteiger partial charge in [0.05, 0.1) is 5.69 Å². The van der Waals surface area contributed by atoms with Gasteiger partial charge in [-0.25, -0.2) is 9.97 Å². The maximum absolute atomic E-state index is 5.65. The van der Waals surface area contributed by atoms with Crippen LogP contribution in [0.2, 0.25) is 0 Å². The minimum absolute atomic E-state index is 0.457. The van der Waals surface area contributed by atoms with Crippen LogP contribution in [-0.4, -0.2) is 15.1 Å². The summed E-state index contributed by atoms with van der Waals surface area (Å²) in [6.45, 7) is 6.21. The molecule has 0 aliphatic rings. The van der Waals surface area contributed by atoms with Gasteiger partial charge in [0.25, 0.3) is 0 Å². The number of nitrogens with two attached hydrogens (primary N) is 1. The zero-order chi connectivity index (χ0) is 12.4. The van der Waals surface area contributed by atoms with Crippen molar-refractivity contribution in [3.05, 3.63) is 28.9 Å². The Hall–Kier alpha value is -2.11. The first kappa shape index (κ1) is 11.4. The molecule has 2 heterocycles. The average molecular weight is 233 g/mol. The third-order valence-corrected chi connectivity index (χ3v) is 2.49. The molecule has 0 unspecified atom stereocenters. The third-order valence-electron chi connectivity index (χ3n) is 2.49. The molecule has 17 heavy (non-hydrogen) atoms. The van der Waals surface area contributed by atoms with Gasteiger partial charge in [-0.15, -0.1) is 0 Å². The lowest BCUT2D eigenvalue weighted by Crippen LogP contribution is -2.05. The summed E-state index contributed by atoms with van der Waals surface area (Å²) in [4.78, 5) is 8.25. The van der Waals surface area contributed by atoms with E-state index in [1.807, 2.05) is 13.8 Å². The fourth-order valence-electron chi connectivity index (χ4n) is 1.61. The number of nitrogen functional groups attached to an aromatic ring is 1. The van der Waals surface area contributed by atoms with Crippen molar-refractivity contribution in [2.45, 2.75) is 27.3 Å². The Bertz CT molecular complexity index is 495. The van der Waals surface area contributed by atoms with Gasteiger partial charge in [-0.3, -0.25) is 0 Å². The van der Waals surface area contributed by atoms with Gasteiger partial charge in [0.15, 0.2) is 0 Å². The smallest absolute Gasteiger partial charge is 0.138 e. The van der Waals surface area contributed by atoms with Gasteiger partial charge >= 0.3 is 0 Å². The van der Waals surface area contributed by atoms with Gasteiger partial charge in [0.1, 0.15) is 23.2 Å². The van der Waals surface area contributed by atoms with Crippen LogP contribution >= 0.6 is 0 Å². The molecule has 0 radical (unpaired) electrons. The summed E-state index contributed by atoms with van der Waals surface area (Å²) in [5.41, 5.74) is 7.57. The second-order valence-electron chi connectivity index (χ2n) is 3.88. The molecule has 3 N–H and O–H groups in total. The van der Waals surface area contributed by atoms with Gasteiger partial charge in [-0.1, -0.05) is 5.16 Å². The largest absolute Gasteiger partial charge is 0.384 e. The van der Waals surface area contributed by atoms with Crippen molar-refractivity contribution >= 4 is 11.6 Å². The van der Waals surface area contributed by atoms with E-state index in [2.05, 4.69) is 20.4 Å². The molecule has 0 bridgehead atoms. The lowest BCUT2D eigenvalue weighted by molar-refractivity contribution is 0.392. The number of nitrogens with one attached hydrogen (secondary N) is 1. The average Bonchev–Trinajstić information content (AvgIpc) is 2.55. The normalized spacial score (nSPS) is 10.5. The quantitative estimate of drug-likeness (QED) is 0.836. The molecule has 0 amide bonds. The molecule has 90 valence electrons. The fraction of sp³-hybridized carbons (Fsp3) is 0.364. The minimum Gasteiger partial charge on any atom is -0.384 e. The maximum Gasteiger partial charge on any atom is 0.138 e. The van der Waals surface area contributed by atoms with Crippen LogP contribution in [0.4, 0.5) is 11.6 Å². The summed E-state index contributed by atoms with van der Waals surface area (Å²) in [5, 5.41) is 7.07. The van der Waals surface area contributed by atoms with Gasteiger partial charge in [-0.2, -0.15) is 0 Å². The summed E-state index contributed by atoms with van der Waals surface area (Å²) >= 11 is 0. The van der Waals surface area contributed by atoms with E-state index in [-0.39, 0.29) is 0 Å². The summed E-state index contributed by atoms with van der Waals surface area (Å²) < 4.78 is 5.08. The number of rotatable bonds is 3. The van der Waals surface area contributed by atoms with E-state index in [1.54, 1.807) is 13.0 Å². The minimum atomic E-state index is 0.457. The number of hydrogen-bond acceptors (Lipinski definition) is 6. The predicted octanol–water partition coefficient (Wildman–Crippen LogP) is 1.58. The number of aromatic nitrogens is 3. The van der Waals surface area contributed by atoms with Crippen LogP contribution in [0.3, 0.4) is 0 Å². The lowest BCUT2D eigenvalue weighted by Gasteiger charge is -2.06. The van der Waals surface area contributed by atoms with Crippen molar-refractivity contribution in [2.75, 3.05) is 11.1 Å². The second-order valence-corrected chi connectivity index (χ2v) is 3.88. The van der Waals surface area contributed by atoms with E-state index >= 15 is 0 Å². The molecule has 6 nitrogen and oxygen atoms in total. The highest BCUT2D eigenvalue weighted by Crippen LogP contribution is 2.15. The Morgan fingerprint density at radius 2 is 2.06 bits per heavy atom. The molecule has 2 rings (SSSR count). The van der Waals surface area contributed by atoms with E-state index in [9.17, 15) is 0 Å². The monoisotopic (exact) mass is 233 g/mol. The van der Waals surface area contributed by atoms with Crippen LogP contribution in [0, 0.1) is 20.8 Å². The molecular formula is C11H15N5O. The van der Waals surface area contributed by atoms with Gasteiger partial charge in [0, 0.05) is 18.2 Å². The van der Waals surface area contributed by atoms with Crippen molar-refractivity contribution < 1.29 is 4.52 Å². The Labute approximate surface area is 99.2 Å².